The molecule has 0 spiro atoms. The largest absolute Gasteiger partial charge is 0.501 e. The lowest BCUT2D eigenvalue weighted by atomic mass is 10.1. The lowest BCUT2D eigenvalue weighted by molar-refractivity contribution is -0.132. The van der Waals surface area contributed by atoms with Gasteiger partial charge in [0.1, 0.15) is 17.4 Å². The van der Waals surface area contributed by atoms with E-state index in [9.17, 15) is 27.5 Å². The molecule has 0 unspecified atom stereocenters. The second-order valence-corrected chi connectivity index (χ2v) is 12.7. The van der Waals surface area contributed by atoms with Gasteiger partial charge >= 0.3 is 5.56 Å². The molecule has 11 nitrogen and oxygen atoms in total. The molecule has 4 heterocycles. The van der Waals surface area contributed by atoms with Gasteiger partial charge in [-0.25, -0.2) is 31.5 Å². The molecule has 1 fully saturated rings. The van der Waals surface area contributed by atoms with Crippen molar-refractivity contribution in [1.82, 2.24) is 28.1 Å². The Morgan fingerprint density at radius 1 is 1.18 bits per heavy atom. The SMILES string of the molecule is CN(C)S(=O)(=O)c1cc(F)ccc1Cc1cnc(-c2nc3n(CC(=O)N4CCCCC4)ccn3c(=O)c2O)s1. The topological polar surface area (TPSA) is 130 Å². The van der Waals surface area contributed by atoms with Crippen LogP contribution in [0.1, 0.15) is 29.7 Å². The van der Waals surface area contributed by atoms with Crippen LogP contribution < -0.4 is 5.56 Å². The van der Waals surface area contributed by atoms with Crippen LogP contribution in [0, 0.1) is 5.82 Å². The molecule has 0 bridgehead atoms. The summed E-state index contributed by atoms with van der Waals surface area (Å²) >= 11 is 1.12. The predicted molar refractivity (Wildman–Crippen MR) is 143 cm³/mol. The molecule has 1 aliphatic heterocycles. The Morgan fingerprint density at radius 3 is 2.64 bits per heavy atom. The molecule has 0 aliphatic carbocycles. The number of hydrogen-bond acceptors (Lipinski definition) is 8. The zero-order valence-corrected chi connectivity index (χ0v) is 23.0. The first-order valence-corrected chi connectivity index (χ1v) is 14.6. The van der Waals surface area contributed by atoms with Crippen LogP contribution in [0.4, 0.5) is 4.39 Å². The van der Waals surface area contributed by atoms with E-state index in [1.165, 1.54) is 43.0 Å². The van der Waals surface area contributed by atoms with Crippen LogP contribution in [0.25, 0.3) is 16.5 Å². The molecule has 4 aromatic rings. The van der Waals surface area contributed by atoms with Crippen molar-refractivity contribution in [3.8, 4) is 16.5 Å². The number of imidazole rings is 1. The number of amides is 1. The number of piperidine rings is 1. The summed E-state index contributed by atoms with van der Waals surface area (Å²) in [7, 11) is -1.16. The summed E-state index contributed by atoms with van der Waals surface area (Å²) in [6, 6.07) is 3.58. The highest BCUT2D eigenvalue weighted by atomic mass is 32.2. The Bertz CT molecular complexity index is 1720. The second kappa shape index (κ2) is 10.5. The van der Waals surface area contributed by atoms with E-state index < -0.39 is 27.1 Å². The zero-order chi connectivity index (χ0) is 27.9. The summed E-state index contributed by atoms with van der Waals surface area (Å²) in [6.45, 7) is 1.40. The highest BCUT2D eigenvalue weighted by Crippen LogP contribution is 2.31. The van der Waals surface area contributed by atoms with Gasteiger partial charge in [-0.1, -0.05) is 6.07 Å². The Labute approximate surface area is 227 Å². The van der Waals surface area contributed by atoms with Crippen molar-refractivity contribution < 1.29 is 22.7 Å². The first kappa shape index (κ1) is 27.0. The van der Waals surface area contributed by atoms with Gasteiger partial charge in [-0.3, -0.25) is 9.59 Å². The maximum atomic E-state index is 13.9. The van der Waals surface area contributed by atoms with Gasteiger partial charge in [0.05, 0.1) is 4.90 Å². The maximum Gasteiger partial charge on any atom is 0.302 e. The Balaban J connectivity index is 1.47. The van der Waals surface area contributed by atoms with Gasteiger partial charge in [-0.2, -0.15) is 0 Å². The Morgan fingerprint density at radius 2 is 1.92 bits per heavy atom. The highest BCUT2D eigenvalue weighted by molar-refractivity contribution is 7.89. The summed E-state index contributed by atoms with van der Waals surface area (Å²) in [5, 5.41) is 10.9. The molecule has 1 N–H and O–H groups in total. The average Bonchev–Trinajstić information content (AvgIpc) is 3.54. The van der Waals surface area contributed by atoms with Crippen molar-refractivity contribution in [2.24, 2.45) is 0 Å². The smallest absolute Gasteiger partial charge is 0.302 e. The van der Waals surface area contributed by atoms with Gasteiger partial charge in [0, 0.05) is 57.1 Å². The van der Waals surface area contributed by atoms with Crippen molar-refractivity contribution in [2.75, 3.05) is 27.2 Å². The second-order valence-electron chi connectivity index (χ2n) is 9.50. The monoisotopic (exact) mass is 574 g/mol. The number of halogens is 1. The summed E-state index contributed by atoms with van der Waals surface area (Å²) in [5.41, 5.74) is -0.367. The third-order valence-electron chi connectivity index (χ3n) is 6.65. The van der Waals surface area contributed by atoms with E-state index in [-0.39, 0.29) is 40.2 Å². The number of sulfonamides is 1. The first-order valence-electron chi connectivity index (χ1n) is 12.3. The normalized spacial score (nSPS) is 14.4. The van der Waals surface area contributed by atoms with Gasteiger partial charge in [0.25, 0.3) is 0 Å². The number of likely N-dealkylation sites (tertiary alicyclic amines) is 1. The molecule has 0 radical (unpaired) electrons. The standard InChI is InChI=1S/C25H27FN6O5S2/c1-29(2)39(36,37)19-13-17(26)7-6-16(19)12-18-14-27-23(38-18)21-22(34)24(35)32-11-10-31(25(32)28-21)15-20(33)30-8-4-3-5-9-30/h6-7,10-11,13-14,34H,3-5,8-9,12,15H2,1-2H3. The number of aromatic nitrogens is 4. The highest BCUT2D eigenvalue weighted by Gasteiger charge is 2.24. The molecular formula is C25H27FN6O5S2. The molecular weight excluding hydrogens is 547 g/mol. The van der Waals surface area contributed by atoms with Crippen molar-refractivity contribution in [3.05, 3.63) is 63.4 Å². The fourth-order valence-corrected chi connectivity index (χ4v) is 6.58. The van der Waals surface area contributed by atoms with Crippen molar-refractivity contribution in [1.29, 1.82) is 0 Å². The van der Waals surface area contributed by atoms with Crippen molar-refractivity contribution in [3.63, 3.8) is 0 Å². The number of aromatic hydroxyl groups is 1. The van der Waals surface area contributed by atoms with Gasteiger partial charge in [-0.05, 0) is 37.0 Å². The van der Waals surface area contributed by atoms with E-state index in [1.807, 2.05) is 0 Å². The minimum Gasteiger partial charge on any atom is -0.501 e. The minimum atomic E-state index is -3.90. The zero-order valence-electron chi connectivity index (χ0n) is 21.4. The van der Waals surface area contributed by atoms with E-state index in [1.54, 1.807) is 15.7 Å². The molecule has 1 aromatic carbocycles. The van der Waals surface area contributed by atoms with Crippen LogP contribution in [-0.4, -0.2) is 74.8 Å². The van der Waals surface area contributed by atoms with Crippen LogP contribution in [0.3, 0.4) is 0 Å². The Hall–Kier alpha value is -3.62. The first-order chi connectivity index (χ1) is 18.6. The maximum absolute atomic E-state index is 13.9. The summed E-state index contributed by atoms with van der Waals surface area (Å²) in [4.78, 5) is 36.8. The molecule has 1 amide bonds. The lowest BCUT2D eigenvalue weighted by Crippen LogP contribution is -2.37. The fourth-order valence-electron chi connectivity index (χ4n) is 4.52. The summed E-state index contributed by atoms with van der Waals surface area (Å²) in [5.74, 6) is -1.15. The van der Waals surface area contributed by atoms with Crippen LogP contribution in [-0.2, 0) is 27.8 Å². The molecule has 0 atom stereocenters. The molecule has 39 heavy (non-hydrogen) atoms. The number of carbonyl (C=O) groups is 1. The number of hydrogen-bond donors (Lipinski definition) is 1. The molecule has 1 aliphatic rings. The number of carbonyl (C=O) groups excluding carboxylic acids is 1. The quantitative estimate of drug-likeness (QED) is 0.359. The summed E-state index contributed by atoms with van der Waals surface area (Å²) < 4.78 is 43.2. The van der Waals surface area contributed by atoms with Crippen LogP contribution in [0.5, 0.6) is 5.75 Å². The molecule has 206 valence electrons. The Kier molecular flexibility index (Phi) is 7.27. The average molecular weight is 575 g/mol. The number of thiazole rings is 1. The van der Waals surface area contributed by atoms with Gasteiger partial charge in [-0.15, -0.1) is 11.3 Å². The van der Waals surface area contributed by atoms with E-state index >= 15 is 0 Å². The van der Waals surface area contributed by atoms with Gasteiger partial charge in [0.15, 0.2) is 5.69 Å². The number of benzene rings is 1. The minimum absolute atomic E-state index is 0.00394. The summed E-state index contributed by atoms with van der Waals surface area (Å²) in [6.07, 6.45) is 7.66. The van der Waals surface area contributed by atoms with E-state index in [4.69, 9.17) is 0 Å². The van der Waals surface area contributed by atoms with E-state index in [2.05, 4.69) is 9.97 Å². The third-order valence-corrected chi connectivity index (χ3v) is 9.55. The molecule has 5 rings (SSSR count). The third kappa shape index (κ3) is 5.18. The number of nitrogens with zero attached hydrogens (tertiary/aromatic N) is 6. The number of fused-ring (bicyclic) bond motifs is 1. The predicted octanol–water partition coefficient (Wildman–Crippen LogP) is 2.32. The molecule has 1 saturated heterocycles. The van der Waals surface area contributed by atoms with Gasteiger partial charge in [0.2, 0.25) is 27.5 Å². The molecule has 0 saturated carbocycles. The number of rotatable bonds is 7. The lowest BCUT2D eigenvalue weighted by Gasteiger charge is -2.26. The molecule has 14 heteroatoms. The van der Waals surface area contributed by atoms with Gasteiger partial charge < -0.3 is 14.6 Å². The van der Waals surface area contributed by atoms with Crippen LogP contribution >= 0.6 is 11.3 Å². The van der Waals surface area contributed by atoms with E-state index in [0.717, 1.165) is 41.0 Å². The van der Waals surface area contributed by atoms with Crippen molar-refractivity contribution in [2.45, 2.75) is 37.1 Å². The fraction of sp³-hybridized carbons (Fsp3) is 0.360. The molecule has 3 aromatic heterocycles. The van der Waals surface area contributed by atoms with E-state index in [0.29, 0.717) is 23.5 Å². The van der Waals surface area contributed by atoms with Crippen LogP contribution in [0.15, 0.2) is 46.5 Å². The van der Waals surface area contributed by atoms with Crippen LogP contribution in [0.2, 0.25) is 0 Å². The van der Waals surface area contributed by atoms with Crippen molar-refractivity contribution >= 4 is 33.0 Å².